The van der Waals surface area contributed by atoms with Crippen molar-refractivity contribution in [3.63, 3.8) is 0 Å². The molecule has 2 heterocycles. The SMILES string of the molecule is O=C(O)C(c1ccccc1)c1cc(N2CCNCC2)n[nH]1. The molecule has 6 heteroatoms. The molecule has 3 N–H and O–H groups in total. The van der Waals surface area contributed by atoms with E-state index in [1.54, 1.807) is 0 Å². The highest BCUT2D eigenvalue weighted by atomic mass is 16.4. The molecule has 0 bridgehead atoms. The number of carboxylic acid groups (broad SMARTS) is 1. The average Bonchev–Trinajstić information content (AvgIpc) is 2.98. The van der Waals surface area contributed by atoms with E-state index >= 15 is 0 Å². The number of aliphatic carboxylic acids is 1. The molecule has 1 aliphatic heterocycles. The van der Waals surface area contributed by atoms with E-state index in [4.69, 9.17) is 0 Å². The summed E-state index contributed by atoms with van der Waals surface area (Å²) in [6.07, 6.45) is 0. The zero-order chi connectivity index (χ0) is 14.7. The third-order valence-corrected chi connectivity index (χ3v) is 3.72. The van der Waals surface area contributed by atoms with Crippen LogP contribution in [0.1, 0.15) is 17.2 Å². The van der Waals surface area contributed by atoms with Crippen LogP contribution in [0.3, 0.4) is 0 Å². The second kappa shape index (κ2) is 5.97. The Hall–Kier alpha value is -2.34. The highest BCUT2D eigenvalue weighted by Gasteiger charge is 2.25. The first-order valence-corrected chi connectivity index (χ1v) is 7.04. The van der Waals surface area contributed by atoms with Crippen molar-refractivity contribution in [1.82, 2.24) is 15.5 Å². The van der Waals surface area contributed by atoms with Gasteiger partial charge in [0.05, 0.1) is 5.69 Å². The molecule has 0 aliphatic carbocycles. The number of piperazine rings is 1. The summed E-state index contributed by atoms with van der Waals surface area (Å²) in [5.74, 6) is -0.777. The van der Waals surface area contributed by atoms with Crippen LogP contribution in [0.25, 0.3) is 0 Å². The van der Waals surface area contributed by atoms with E-state index < -0.39 is 11.9 Å². The van der Waals surface area contributed by atoms with E-state index in [1.165, 1.54) is 0 Å². The first-order valence-electron chi connectivity index (χ1n) is 7.04. The van der Waals surface area contributed by atoms with Crippen LogP contribution in [0.15, 0.2) is 36.4 Å². The lowest BCUT2D eigenvalue weighted by Gasteiger charge is -2.26. The topological polar surface area (TPSA) is 81.2 Å². The molecule has 21 heavy (non-hydrogen) atoms. The fourth-order valence-corrected chi connectivity index (χ4v) is 2.63. The Labute approximate surface area is 122 Å². The minimum atomic E-state index is -0.878. The number of carbonyl (C=O) groups is 1. The van der Waals surface area contributed by atoms with Crippen LogP contribution in [-0.4, -0.2) is 47.5 Å². The number of nitrogens with zero attached hydrogens (tertiary/aromatic N) is 2. The van der Waals surface area contributed by atoms with E-state index in [0.29, 0.717) is 5.69 Å². The molecule has 1 aromatic heterocycles. The van der Waals surface area contributed by atoms with Crippen LogP contribution >= 0.6 is 0 Å². The second-order valence-corrected chi connectivity index (χ2v) is 5.10. The first-order chi connectivity index (χ1) is 10.3. The quantitative estimate of drug-likeness (QED) is 0.782. The van der Waals surface area contributed by atoms with Gasteiger partial charge >= 0.3 is 5.97 Å². The van der Waals surface area contributed by atoms with Gasteiger partial charge in [-0.05, 0) is 5.56 Å². The van der Waals surface area contributed by atoms with Gasteiger partial charge in [-0.15, -0.1) is 0 Å². The van der Waals surface area contributed by atoms with Crippen LogP contribution in [-0.2, 0) is 4.79 Å². The average molecular weight is 286 g/mol. The zero-order valence-corrected chi connectivity index (χ0v) is 11.6. The van der Waals surface area contributed by atoms with Crippen LogP contribution in [0.2, 0.25) is 0 Å². The fourth-order valence-electron chi connectivity index (χ4n) is 2.63. The van der Waals surface area contributed by atoms with Crippen molar-refractivity contribution in [1.29, 1.82) is 0 Å². The summed E-state index contributed by atoms with van der Waals surface area (Å²) < 4.78 is 0. The molecule has 0 saturated carbocycles. The Kier molecular flexibility index (Phi) is 3.87. The van der Waals surface area contributed by atoms with Gasteiger partial charge in [0, 0.05) is 32.2 Å². The maximum absolute atomic E-state index is 11.6. The summed E-state index contributed by atoms with van der Waals surface area (Å²) in [7, 11) is 0. The van der Waals surface area contributed by atoms with Crippen molar-refractivity contribution in [3.05, 3.63) is 47.7 Å². The van der Waals surface area contributed by atoms with Gasteiger partial charge in [0.25, 0.3) is 0 Å². The van der Waals surface area contributed by atoms with Crippen LogP contribution in [0.5, 0.6) is 0 Å². The summed E-state index contributed by atoms with van der Waals surface area (Å²) in [6.45, 7) is 3.60. The smallest absolute Gasteiger partial charge is 0.317 e. The summed E-state index contributed by atoms with van der Waals surface area (Å²) >= 11 is 0. The summed E-state index contributed by atoms with van der Waals surface area (Å²) in [5.41, 5.74) is 1.36. The molecular weight excluding hydrogens is 268 g/mol. The van der Waals surface area contributed by atoms with Gasteiger partial charge in [-0.1, -0.05) is 30.3 Å². The Balaban J connectivity index is 1.87. The predicted molar refractivity (Wildman–Crippen MR) is 79.6 cm³/mol. The number of benzene rings is 1. The molecule has 1 saturated heterocycles. The van der Waals surface area contributed by atoms with Crippen LogP contribution in [0, 0.1) is 0 Å². The molecule has 1 unspecified atom stereocenters. The lowest BCUT2D eigenvalue weighted by atomic mass is 9.96. The molecule has 1 atom stereocenters. The highest BCUT2D eigenvalue weighted by Crippen LogP contribution is 2.26. The Bertz CT molecular complexity index is 605. The Morgan fingerprint density at radius 1 is 1.24 bits per heavy atom. The number of aromatic nitrogens is 2. The standard InChI is InChI=1S/C15H18N4O2/c20-15(21)14(11-4-2-1-3-5-11)12-10-13(18-17-12)19-8-6-16-7-9-19/h1-5,10,14,16H,6-9H2,(H,17,18)(H,20,21). The van der Waals surface area contributed by atoms with Crippen molar-refractivity contribution in [2.75, 3.05) is 31.1 Å². The van der Waals surface area contributed by atoms with Crippen molar-refractivity contribution < 1.29 is 9.90 Å². The van der Waals surface area contributed by atoms with Crippen molar-refractivity contribution >= 4 is 11.8 Å². The van der Waals surface area contributed by atoms with Crippen LogP contribution < -0.4 is 10.2 Å². The van der Waals surface area contributed by atoms with E-state index in [2.05, 4.69) is 20.4 Å². The van der Waals surface area contributed by atoms with Gasteiger partial charge in [0.2, 0.25) is 0 Å². The van der Waals surface area contributed by atoms with Crippen molar-refractivity contribution in [3.8, 4) is 0 Å². The van der Waals surface area contributed by atoms with E-state index in [1.807, 2.05) is 36.4 Å². The largest absolute Gasteiger partial charge is 0.480 e. The maximum atomic E-state index is 11.6. The monoisotopic (exact) mass is 286 g/mol. The number of nitrogens with one attached hydrogen (secondary N) is 2. The lowest BCUT2D eigenvalue weighted by Crippen LogP contribution is -2.43. The summed E-state index contributed by atoms with van der Waals surface area (Å²) in [5, 5.41) is 20.0. The molecule has 1 fully saturated rings. The third-order valence-electron chi connectivity index (χ3n) is 3.72. The molecular formula is C15H18N4O2. The molecule has 3 rings (SSSR count). The normalized spacial score (nSPS) is 16.7. The van der Waals surface area contributed by atoms with Crippen molar-refractivity contribution in [2.24, 2.45) is 0 Å². The van der Waals surface area contributed by atoms with E-state index in [0.717, 1.165) is 37.6 Å². The molecule has 110 valence electrons. The maximum Gasteiger partial charge on any atom is 0.317 e. The molecule has 0 spiro atoms. The fraction of sp³-hybridized carbons (Fsp3) is 0.333. The number of hydrogen-bond acceptors (Lipinski definition) is 4. The van der Waals surface area contributed by atoms with Gasteiger partial charge in [0.1, 0.15) is 5.92 Å². The van der Waals surface area contributed by atoms with E-state index in [-0.39, 0.29) is 0 Å². The highest BCUT2D eigenvalue weighted by molar-refractivity contribution is 5.80. The van der Waals surface area contributed by atoms with Gasteiger partial charge in [0.15, 0.2) is 5.82 Å². The molecule has 1 aliphatic rings. The van der Waals surface area contributed by atoms with Gasteiger partial charge < -0.3 is 15.3 Å². The van der Waals surface area contributed by atoms with E-state index in [9.17, 15) is 9.90 Å². The number of carboxylic acids is 1. The van der Waals surface area contributed by atoms with Gasteiger partial charge in [-0.2, -0.15) is 5.10 Å². The minimum absolute atomic E-state index is 0.613. The van der Waals surface area contributed by atoms with Crippen LogP contribution in [0.4, 0.5) is 5.82 Å². The zero-order valence-electron chi connectivity index (χ0n) is 11.6. The van der Waals surface area contributed by atoms with Gasteiger partial charge in [-0.25, -0.2) is 0 Å². The number of aromatic amines is 1. The number of H-pyrrole nitrogens is 1. The molecule has 2 aromatic rings. The molecule has 6 nitrogen and oxygen atoms in total. The Morgan fingerprint density at radius 2 is 1.95 bits per heavy atom. The number of anilines is 1. The first kappa shape index (κ1) is 13.6. The van der Waals surface area contributed by atoms with Gasteiger partial charge in [-0.3, -0.25) is 9.89 Å². The molecule has 0 radical (unpaired) electrons. The summed E-state index contributed by atoms with van der Waals surface area (Å²) in [4.78, 5) is 13.8. The number of rotatable bonds is 4. The summed E-state index contributed by atoms with van der Waals surface area (Å²) in [6, 6.07) is 11.1. The third kappa shape index (κ3) is 2.90. The molecule has 1 aromatic carbocycles. The lowest BCUT2D eigenvalue weighted by molar-refractivity contribution is -0.137. The Morgan fingerprint density at radius 3 is 2.62 bits per heavy atom. The number of hydrogen-bond donors (Lipinski definition) is 3. The second-order valence-electron chi connectivity index (χ2n) is 5.10. The minimum Gasteiger partial charge on any atom is -0.480 e. The van der Waals surface area contributed by atoms with Crippen molar-refractivity contribution in [2.45, 2.75) is 5.92 Å². The molecule has 0 amide bonds. The predicted octanol–water partition coefficient (Wildman–Crippen LogP) is 1.04.